The number of halogens is 1. The Bertz CT molecular complexity index is 132. The SMILES string of the molecule is C[N-]C.C[N-]C.C[N-]OC[C@@H]1CCCC1F.[CH3-].[Ti+4]. The van der Waals surface area contributed by atoms with Gasteiger partial charge < -0.3 is 28.4 Å². The summed E-state index contributed by atoms with van der Waals surface area (Å²) in [6, 6.07) is 0. The Kier molecular flexibility index (Phi) is 33.9. The molecule has 0 aromatic carbocycles. The van der Waals surface area contributed by atoms with Crippen LogP contribution in [0.4, 0.5) is 4.39 Å². The smallest absolute Gasteiger partial charge is 0.668 e. The number of hydrogen-bond acceptors (Lipinski definition) is 1. The third kappa shape index (κ3) is 18.8. The first-order chi connectivity index (χ1) is 7.67. The Morgan fingerprint density at radius 2 is 1.50 bits per heavy atom. The topological polar surface area (TPSA) is 51.5 Å². The Hall–Kier alpha value is 0.484. The van der Waals surface area contributed by atoms with Crippen LogP contribution in [0, 0.1) is 13.3 Å². The molecule has 0 aliphatic heterocycles. The fourth-order valence-electron chi connectivity index (χ4n) is 1.35. The van der Waals surface area contributed by atoms with Crippen LogP contribution < -0.4 is 0 Å². The largest absolute Gasteiger partial charge is 4.00 e. The first-order valence-electron chi connectivity index (χ1n) is 5.48. The van der Waals surface area contributed by atoms with Gasteiger partial charge in [-0.2, -0.15) is 28.2 Å². The number of nitrogens with zero attached hydrogens (tertiary/aromatic N) is 3. The summed E-state index contributed by atoms with van der Waals surface area (Å²) < 4.78 is 12.8. The summed E-state index contributed by atoms with van der Waals surface area (Å²) >= 11 is 0. The zero-order chi connectivity index (χ0) is 12.8. The predicted octanol–water partition coefficient (Wildman–Crippen LogP) is 3.75. The minimum atomic E-state index is -0.651. The molecule has 0 N–H and O–H groups in total. The molecular weight excluding hydrogens is 269 g/mol. The van der Waals surface area contributed by atoms with Crippen molar-refractivity contribution in [3.8, 4) is 0 Å². The standard InChI is InChI=1S/C7H13FNO.2C2H6N.CH3.Ti/c1-9-10-5-6-3-2-4-7(6)8;2*1-3-2;;/h6-7H,2-5H2,1H3;2*1-2H3;1H3;/q4*-1;+4/t6-,7?;;;;/m0..../s1. The average Bonchev–Trinajstić information content (AvgIpc) is 2.63. The summed E-state index contributed by atoms with van der Waals surface area (Å²) in [6.45, 7) is 0.456. The Morgan fingerprint density at radius 3 is 1.78 bits per heavy atom. The molecule has 0 radical (unpaired) electrons. The summed E-state index contributed by atoms with van der Waals surface area (Å²) in [5, 5.41) is 7.00. The van der Waals surface area contributed by atoms with E-state index in [2.05, 4.69) is 16.1 Å². The van der Waals surface area contributed by atoms with E-state index in [4.69, 9.17) is 4.84 Å². The second-order valence-corrected chi connectivity index (χ2v) is 3.58. The molecule has 1 unspecified atom stereocenters. The Labute approximate surface area is 128 Å². The molecule has 1 rings (SSSR count). The molecule has 1 aliphatic rings. The van der Waals surface area contributed by atoms with Crippen LogP contribution in [0.2, 0.25) is 0 Å². The fourth-order valence-corrected chi connectivity index (χ4v) is 1.35. The van der Waals surface area contributed by atoms with E-state index in [1.54, 1.807) is 35.2 Å². The first kappa shape index (κ1) is 26.9. The van der Waals surface area contributed by atoms with Gasteiger partial charge in [-0.1, -0.05) is 6.42 Å². The maximum Gasteiger partial charge on any atom is 4.00 e. The monoisotopic (exact) mass is 297 g/mol. The second kappa shape index (κ2) is 22.6. The van der Waals surface area contributed by atoms with Gasteiger partial charge in [-0.15, -0.1) is 7.05 Å². The molecule has 1 fully saturated rings. The van der Waals surface area contributed by atoms with Crippen LogP contribution in [0.15, 0.2) is 0 Å². The number of rotatable bonds is 3. The third-order valence-corrected chi connectivity index (χ3v) is 1.98. The summed E-state index contributed by atoms with van der Waals surface area (Å²) in [6.07, 6.45) is 2.01. The molecule has 1 aliphatic carbocycles. The normalized spacial score (nSPS) is 20.3. The van der Waals surface area contributed by atoms with Gasteiger partial charge in [0.1, 0.15) is 6.17 Å². The predicted molar refractivity (Wildman–Crippen MR) is 74.3 cm³/mol. The summed E-state index contributed by atoms with van der Waals surface area (Å²) in [5.74, 6) is 0.101. The molecule has 108 valence electrons. The first-order valence-corrected chi connectivity index (χ1v) is 5.48. The molecule has 2 atom stereocenters. The van der Waals surface area contributed by atoms with E-state index in [0.717, 1.165) is 12.8 Å². The van der Waals surface area contributed by atoms with Crippen molar-refractivity contribution in [1.29, 1.82) is 0 Å². The molecule has 0 aromatic heterocycles. The van der Waals surface area contributed by atoms with Gasteiger partial charge >= 0.3 is 21.7 Å². The molecule has 0 saturated heterocycles. The van der Waals surface area contributed by atoms with E-state index in [-0.39, 0.29) is 35.1 Å². The fraction of sp³-hybridized carbons (Fsp3) is 0.917. The summed E-state index contributed by atoms with van der Waals surface area (Å²) in [4.78, 5) is 4.77. The van der Waals surface area contributed by atoms with Crippen molar-refractivity contribution in [3.63, 3.8) is 0 Å². The molecule has 0 amide bonds. The third-order valence-electron chi connectivity index (χ3n) is 1.98. The zero-order valence-corrected chi connectivity index (χ0v) is 14.2. The summed E-state index contributed by atoms with van der Waals surface area (Å²) in [7, 11) is 8.57. The van der Waals surface area contributed by atoms with Gasteiger partial charge in [-0.25, -0.2) is 4.39 Å². The molecule has 0 bridgehead atoms. The van der Waals surface area contributed by atoms with E-state index in [1.807, 2.05) is 0 Å². The Morgan fingerprint density at radius 1 is 1.06 bits per heavy atom. The molecule has 0 heterocycles. The zero-order valence-electron chi connectivity index (χ0n) is 12.6. The van der Waals surface area contributed by atoms with Gasteiger partial charge in [-0.3, -0.25) is 0 Å². The van der Waals surface area contributed by atoms with Gasteiger partial charge in [0.2, 0.25) is 0 Å². The van der Waals surface area contributed by atoms with Crippen molar-refractivity contribution >= 4 is 0 Å². The molecule has 1 saturated carbocycles. The molecule has 0 spiro atoms. The molecule has 6 heteroatoms. The molecule has 4 nitrogen and oxygen atoms in total. The van der Waals surface area contributed by atoms with Gasteiger partial charge in [0.05, 0.1) is 0 Å². The van der Waals surface area contributed by atoms with Crippen molar-refractivity contribution in [1.82, 2.24) is 0 Å². The minimum Gasteiger partial charge on any atom is -0.668 e. The van der Waals surface area contributed by atoms with Crippen molar-refractivity contribution in [2.24, 2.45) is 5.92 Å². The van der Waals surface area contributed by atoms with E-state index in [0.29, 0.717) is 13.0 Å². The van der Waals surface area contributed by atoms with E-state index in [9.17, 15) is 4.39 Å². The Balaban J connectivity index is -0.000000106. The van der Waals surface area contributed by atoms with Crippen LogP contribution in [0.1, 0.15) is 19.3 Å². The van der Waals surface area contributed by atoms with Crippen LogP contribution in [-0.4, -0.2) is 48.0 Å². The number of alkyl halides is 1. The van der Waals surface area contributed by atoms with Crippen LogP contribution in [0.3, 0.4) is 0 Å². The second-order valence-electron chi connectivity index (χ2n) is 3.58. The van der Waals surface area contributed by atoms with Gasteiger partial charge in [0.25, 0.3) is 0 Å². The van der Waals surface area contributed by atoms with Crippen LogP contribution >= 0.6 is 0 Å². The van der Waals surface area contributed by atoms with Crippen molar-refractivity contribution in [3.05, 3.63) is 23.5 Å². The number of hydroxylamine groups is 1. The number of hydrogen-bond donors (Lipinski definition) is 0. The van der Waals surface area contributed by atoms with Crippen LogP contribution in [-0.2, 0) is 26.6 Å². The van der Waals surface area contributed by atoms with Gasteiger partial charge in [0, 0.05) is 12.5 Å². The average molecular weight is 297 g/mol. The maximum atomic E-state index is 12.8. The summed E-state index contributed by atoms with van der Waals surface area (Å²) in [5.41, 5.74) is 3.47. The van der Waals surface area contributed by atoms with Gasteiger partial charge in [-0.05, 0) is 12.8 Å². The van der Waals surface area contributed by atoms with E-state index >= 15 is 0 Å². The van der Waals surface area contributed by atoms with Gasteiger partial charge in [0.15, 0.2) is 0 Å². The van der Waals surface area contributed by atoms with Crippen molar-refractivity contribution < 1.29 is 30.9 Å². The van der Waals surface area contributed by atoms with E-state index < -0.39 is 6.17 Å². The maximum absolute atomic E-state index is 12.8. The van der Waals surface area contributed by atoms with Crippen LogP contribution in [0.25, 0.3) is 16.1 Å². The van der Waals surface area contributed by atoms with Crippen molar-refractivity contribution in [2.45, 2.75) is 25.4 Å². The van der Waals surface area contributed by atoms with Crippen molar-refractivity contribution in [2.75, 3.05) is 41.8 Å². The molecular formula is C12H28FN3OTi. The minimum absolute atomic E-state index is 0. The molecule has 18 heavy (non-hydrogen) atoms. The van der Waals surface area contributed by atoms with Crippen LogP contribution in [0.5, 0.6) is 0 Å². The molecule has 0 aromatic rings. The van der Waals surface area contributed by atoms with E-state index in [1.165, 1.54) is 0 Å². The quantitative estimate of drug-likeness (QED) is 0.444.